The van der Waals surface area contributed by atoms with Crippen LogP contribution in [0.5, 0.6) is 0 Å². The third kappa shape index (κ3) is 1.23. The van der Waals surface area contributed by atoms with E-state index in [4.69, 9.17) is 10.5 Å². The maximum atomic E-state index is 11.7. The summed E-state index contributed by atoms with van der Waals surface area (Å²) >= 11 is 0. The summed E-state index contributed by atoms with van der Waals surface area (Å²) in [6.45, 7) is 3.20. The van der Waals surface area contributed by atoms with Gasteiger partial charge in [-0.05, 0) is 30.9 Å². The van der Waals surface area contributed by atoms with Crippen LogP contribution < -0.4 is 5.73 Å². The van der Waals surface area contributed by atoms with Gasteiger partial charge in [-0.15, -0.1) is 0 Å². The van der Waals surface area contributed by atoms with Crippen molar-refractivity contribution in [2.45, 2.75) is 19.5 Å². The molecule has 1 aliphatic heterocycles. The van der Waals surface area contributed by atoms with E-state index < -0.39 is 0 Å². The highest BCUT2D eigenvalue weighted by Crippen LogP contribution is 2.56. The molecule has 3 rings (SSSR count). The molecular weight excluding hydrogens is 204 g/mol. The Morgan fingerprint density at radius 1 is 1.69 bits per heavy atom. The zero-order chi connectivity index (χ0) is 11.3. The Hall–Kier alpha value is -1.29. The fourth-order valence-electron chi connectivity index (χ4n) is 3.02. The SMILES string of the molecule is CCOC(=O)C1C2Cn3cccc3C(N)C21. The lowest BCUT2D eigenvalue weighted by molar-refractivity contribution is -0.145. The Balaban J connectivity index is 1.80. The number of carbonyl (C=O) groups excluding carboxylic acids is 1. The number of ether oxygens (including phenoxy) is 1. The van der Waals surface area contributed by atoms with Crippen LogP contribution in [0.3, 0.4) is 0 Å². The van der Waals surface area contributed by atoms with E-state index in [-0.39, 0.29) is 17.9 Å². The molecule has 0 amide bonds. The van der Waals surface area contributed by atoms with Crippen molar-refractivity contribution >= 4 is 5.97 Å². The maximum absolute atomic E-state index is 11.7. The predicted molar refractivity (Wildman–Crippen MR) is 58.5 cm³/mol. The summed E-state index contributed by atoms with van der Waals surface area (Å²) in [6.07, 6.45) is 2.03. The number of nitrogens with zero attached hydrogens (tertiary/aromatic N) is 1. The predicted octanol–water partition coefficient (Wildman–Crippen LogP) is 0.927. The van der Waals surface area contributed by atoms with Gasteiger partial charge in [-0.1, -0.05) is 0 Å². The van der Waals surface area contributed by atoms with Crippen LogP contribution in [0.2, 0.25) is 0 Å². The molecule has 1 aliphatic carbocycles. The molecule has 1 fully saturated rings. The minimum absolute atomic E-state index is 0.0110. The van der Waals surface area contributed by atoms with Crippen LogP contribution in [-0.4, -0.2) is 17.1 Å². The normalized spacial score (nSPS) is 35.1. The molecule has 1 aromatic rings. The van der Waals surface area contributed by atoms with Gasteiger partial charge in [-0.3, -0.25) is 4.79 Å². The van der Waals surface area contributed by atoms with Crippen molar-refractivity contribution in [3.63, 3.8) is 0 Å². The minimum atomic E-state index is -0.0706. The van der Waals surface area contributed by atoms with Crippen LogP contribution in [0.25, 0.3) is 0 Å². The van der Waals surface area contributed by atoms with Gasteiger partial charge >= 0.3 is 5.97 Å². The Bertz CT molecular complexity index is 426. The maximum Gasteiger partial charge on any atom is 0.309 e. The van der Waals surface area contributed by atoms with Gasteiger partial charge in [-0.25, -0.2) is 0 Å². The van der Waals surface area contributed by atoms with Crippen molar-refractivity contribution in [3.8, 4) is 0 Å². The summed E-state index contributed by atoms with van der Waals surface area (Å²) in [5, 5.41) is 0. The molecule has 4 heteroatoms. The van der Waals surface area contributed by atoms with E-state index in [2.05, 4.69) is 4.57 Å². The third-order valence-corrected chi connectivity index (χ3v) is 3.82. The fourth-order valence-corrected chi connectivity index (χ4v) is 3.02. The Labute approximate surface area is 94.4 Å². The largest absolute Gasteiger partial charge is 0.466 e. The Kier molecular flexibility index (Phi) is 2.07. The van der Waals surface area contributed by atoms with Crippen molar-refractivity contribution in [2.24, 2.45) is 23.5 Å². The second-order valence-corrected chi connectivity index (χ2v) is 4.63. The summed E-state index contributed by atoms with van der Waals surface area (Å²) < 4.78 is 7.24. The number of nitrogens with two attached hydrogens (primary N) is 1. The van der Waals surface area contributed by atoms with E-state index in [1.165, 1.54) is 0 Å². The number of rotatable bonds is 2. The molecule has 16 heavy (non-hydrogen) atoms. The molecule has 2 heterocycles. The minimum Gasteiger partial charge on any atom is -0.466 e. The molecular formula is C12H16N2O2. The smallest absolute Gasteiger partial charge is 0.309 e. The van der Waals surface area contributed by atoms with Gasteiger partial charge in [0.15, 0.2) is 0 Å². The van der Waals surface area contributed by atoms with Crippen LogP contribution in [0.1, 0.15) is 18.7 Å². The quantitative estimate of drug-likeness (QED) is 0.754. The summed E-state index contributed by atoms with van der Waals surface area (Å²) in [5.41, 5.74) is 7.32. The average Bonchev–Trinajstić information content (AvgIpc) is 2.77. The van der Waals surface area contributed by atoms with Gasteiger partial charge < -0.3 is 15.0 Å². The van der Waals surface area contributed by atoms with Gasteiger partial charge in [0, 0.05) is 24.5 Å². The van der Waals surface area contributed by atoms with Crippen molar-refractivity contribution in [1.29, 1.82) is 0 Å². The number of carbonyl (C=O) groups is 1. The van der Waals surface area contributed by atoms with Gasteiger partial charge in [-0.2, -0.15) is 0 Å². The highest BCUT2D eigenvalue weighted by molar-refractivity contribution is 5.77. The van der Waals surface area contributed by atoms with E-state index in [0.29, 0.717) is 18.4 Å². The van der Waals surface area contributed by atoms with Crippen LogP contribution in [0, 0.1) is 17.8 Å². The highest BCUT2D eigenvalue weighted by atomic mass is 16.5. The monoisotopic (exact) mass is 220 g/mol. The molecule has 0 saturated heterocycles. The van der Waals surface area contributed by atoms with Crippen LogP contribution in [0.15, 0.2) is 18.3 Å². The molecule has 86 valence electrons. The number of hydrogen-bond acceptors (Lipinski definition) is 3. The number of esters is 1. The lowest BCUT2D eigenvalue weighted by Gasteiger charge is -2.20. The number of aromatic nitrogens is 1. The summed E-state index contributed by atoms with van der Waals surface area (Å²) in [6, 6.07) is 4.05. The van der Waals surface area contributed by atoms with E-state index in [1.54, 1.807) is 0 Å². The second-order valence-electron chi connectivity index (χ2n) is 4.63. The first-order valence-corrected chi connectivity index (χ1v) is 5.81. The molecule has 1 saturated carbocycles. The molecule has 0 radical (unpaired) electrons. The van der Waals surface area contributed by atoms with E-state index >= 15 is 0 Å². The second kappa shape index (κ2) is 3.35. The highest BCUT2D eigenvalue weighted by Gasteiger charge is 2.60. The summed E-state index contributed by atoms with van der Waals surface area (Å²) in [4.78, 5) is 11.7. The molecule has 0 aromatic carbocycles. The first kappa shape index (κ1) is 9.90. The van der Waals surface area contributed by atoms with Gasteiger partial charge in [0.2, 0.25) is 0 Å². The summed E-state index contributed by atoms with van der Waals surface area (Å²) in [5.74, 6) is 0.629. The Morgan fingerprint density at radius 3 is 3.25 bits per heavy atom. The standard InChI is InChI=1S/C12H16N2O2/c1-2-16-12(15)10-7-6-14-5-3-4-8(14)11(13)9(7)10/h3-5,7,9-11H,2,6,13H2,1H3. The van der Waals surface area contributed by atoms with Crippen LogP contribution in [-0.2, 0) is 16.1 Å². The average molecular weight is 220 g/mol. The van der Waals surface area contributed by atoms with Crippen molar-refractivity contribution < 1.29 is 9.53 Å². The van der Waals surface area contributed by atoms with Gasteiger partial charge in [0.25, 0.3) is 0 Å². The molecule has 0 bridgehead atoms. The van der Waals surface area contributed by atoms with Gasteiger partial charge in [0.05, 0.1) is 12.5 Å². The first-order valence-electron chi connectivity index (χ1n) is 5.81. The van der Waals surface area contributed by atoms with Crippen molar-refractivity contribution in [1.82, 2.24) is 4.57 Å². The van der Waals surface area contributed by atoms with Crippen molar-refractivity contribution in [3.05, 3.63) is 24.0 Å². The molecule has 1 aromatic heterocycles. The van der Waals surface area contributed by atoms with E-state index in [9.17, 15) is 4.79 Å². The zero-order valence-electron chi connectivity index (χ0n) is 9.30. The Morgan fingerprint density at radius 2 is 2.50 bits per heavy atom. The van der Waals surface area contributed by atoms with Crippen LogP contribution in [0.4, 0.5) is 0 Å². The van der Waals surface area contributed by atoms with Crippen molar-refractivity contribution in [2.75, 3.05) is 6.61 Å². The number of fused-ring (bicyclic) bond motifs is 2. The topological polar surface area (TPSA) is 57.2 Å². The lowest BCUT2D eigenvalue weighted by atomic mass is 10.0. The molecule has 4 nitrogen and oxygen atoms in total. The number of hydrogen-bond donors (Lipinski definition) is 1. The molecule has 4 unspecified atom stereocenters. The molecule has 4 atom stereocenters. The van der Waals surface area contributed by atoms with E-state index in [0.717, 1.165) is 12.2 Å². The van der Waals surface area contributed by atoms with Gasteiger partial charge in [0.1, 0.15) is 0 Å². The zero-order valence-corrected chi connectivity index (χ0v) is 9.30. The first-order chi connectivity index (χ1) is 7.74. The molecule has 2 N–H and O–H groups in total. The lowest BCUT2D eigenvalue weighted by Crippen LogP contribution is -2.23. The van der Waals surface area contributed by atoms with E-state index in [1.807, 2.05) is 25.3 Å². The molecule has 0 spiro atoms. The fraction of sp³-hybridized carbons (Fsp3) is 0.583. The third-order valence-electron chi connectivity index (χ3n) is 3.82. The molecule has 2 aliphatic rings. The summed E-state index contributed by atoms with van der Waals surface area (Å²) in [7, 11) is 0. The van der Waals surface area contributed by atoms with Crippen LogP contribution >= 0.6 is 0 Å².